The van der Waals surface area contributed by atoms with Crippen molar-refractivity contribution in [2.24, 2.45) is 5.92 Å². The van der Waals surface area contributed by atoms with Gasteiger partial charge in [-0.05, 0) is 30.0 Å². The van der Waals surface area contributed by atoms with Crippen molar-refractivity contribution in [3.05, 3.63) is 59.9 Å². The maximum absolute atomic E-state index is 13.0. The Bertz CT molecular complexity index is 590. The summed E-state index contributed by atoms with van der Waals surface area (Å²) < 4.78 is 38.9. The van der Waals surface area contributed by atoms with Crippen LogP contribution in [0.2, 0.25) is 0 Å². The van der Waals surface area contributed by atoms with Gasteiger partial charge in [-0.2, -0.15) is 13.2 Å². The fourth-order valence-electron chi connectivity index (χ4n) is 2.74. The Morgan fingerprint density at radius 2 is 1.82 bits per heavy atom. The molecule has 0 spiro atoms. The predicted molar refractivity (Wildman–Crippen MR) is 78.5 cm³/mol. The molecule has 1 heterocycles. The number of nitrogens with one attached hydrogen (secondary N) is 1. The molecule has 2 atom stereocenters. The van der Waals surface area contributed by atoms with E-state index in [1.165, 1.54) is 0 Å². The largest absolute Gasteiger partial charge is 0.450 e. The fourth-order valence-corrected chi connectivity index (χ4v) is 2.74. The van der Waals surface area contributed by atoms with Crippen LogP contribution in [0.1, 0.15) is 30.5 Å². The van der Waals surface area contributed by atoms with Gasteiger partial charge in [0.15, 0.2) is 0 Å². The third-order valence-corrected chi connectivity index (χ3v) is 3.86. The van der Waals surface area contributed by atoms with Crippen molar-refractivity contribution in [3.8, 4) is 0 Å². The minimum absolute atomic E-state index is 0.324. The van der Waals surface area contributed by atoms with Gasteiger partial charge in [-0.15, -0.1) is 0 Å². The fraction of sp³-hybridized carbons (Fsp3) is 0.353. The molecule has 22 heavy (non-hydrogen) atoms. The van der Waals surface area contributed by atoms with E-state index in [4.69, 9.17) is 0 Å². The SMILES string of the molecule is CCC(Cc1ccccc1)C(C(=O)C(F)(F)F)c1ccc[nH]1. The summed E-state index contributed by atoms with van der Waals surface area (Å²) in [7, 11) is 0. The van der Waals surface area contributed by atoms with E-state index in [9.17, 15) is 18.0 Å². The minimum Gasteiger partial charge on any atom is -0.364 e. The van der Waals surface area contributed by atoms with Crippen LogP contribution in [0.3, 0.4) is 0 Å². The summed E-state index contributed by atoms with van der Waals surface area (Å²) in [6.07, 6.45) is -2.37. The number of carbonyl (C=O) groups excluding carboxylic acids is 1. The van der Waals surface area contributed by atoms with E-state index in [0.717, 1.165) is 5.56 Å². The van der Waals surface area contributed by atoms with E-state index in [0.29, 0.717) is 18.5 Å². The lowest BCUT2D eigenvalue weighted by molar-refractivity contribution is -0.174. The van der Waals surface area contributed by atoms with Crippen molar-refractivity contribution in [1.29, 1.82) is 0 Å². The van der Waals surface area contributed by atoms with Crippen LogP contribution in [0.4, 0.5) is 13.2 Å². The molecule has 0 saturated carbocycles. The van der Waals surface area contributed by atoms with Gasteiger partial charge in [0, 0.05) is 11.9 Å². The molecule has 0 radical (unpaired) electrons. The average molecular weight is 309 g/mol. The molecule has 0 saturated heterocycles. The van der Waals surface area contributed by atoms with E-state index >= 15 is 0 Å². The molecule has 2 rings (SSSR count). The van der Waals surface area contributed by atoms with Gasteiger partial charge in [0.05, 0.1) is 5.92 Å². The second-order valence-corrected chi connectivity index (χ2v) is 5.32. The lowest BCUT2D eigenvalue weighted by Gasteiger charge is -2.25. The van der Waals surface area contributed by atoms with Gasteiger partial charge in [0.2, 0.25) is 5.78 Å². The number of carbonyl (C=O) groups is 1. The molecule has 0 fully saturated rings. The van der Waals surface area contributed by atoms with Crippen LogP contribution in [0.25, 0.3) is 0 Å². The summed E-state index contributed by atoms with van der Waals surface area (Å²) >= 11 is 0. The molecule has 1 aromatic carbocycles. The number of hydrogen-bond donors (Lipinski definition) is 1. The van der Waals surface area contributed by atoms with Gasteiger partial charge in [-0.25, -0.2) is 0 Å². The molecule has 5 heteroatoms. The standard InChI is InChI=1S/C17H18F3NO/c1-2-13(11-12-7-4-3-5-8-12)15(14-9-6-10-21-14)16(22)17(18,19)20/h3-10,13,15,21H,2,11H2,1H3. The number of aromatic amines is 1. The lowest BCUT2D eigenvalue weighted by atomic mass is 9.80. The van der Waals surface area contributed by atoms with Crippen molar-refractivity contribution in [2.75, 3.05) is 0 Å². The molecule has 2 aromatic rings. The average Bonchev–Trinajstić information content (AvgIpc) is 3.00. The highest BCUT2D eigenvalue weighted by Gasteiger charge is 2.46. The van der Waals surface area contributed by atoms with Crippen molar-refractivity contribution < 1.29 is 18.0 Å². The number of Topliss-reactive ketones (excluding diaryl/α,β-unsaturated/α-hetero) is 1. The molecule has 1 N–H and O–H groups in total. The van der Waals surface area contributed by atoms with E-state index in [-0.39, 0.29) is 0 Å². The summed E-state index contributed by atoms with van der Waals surface area (Å²) in [6, 6.07) is 12.4. The normalized spacial score (nSPS) is 14.5. The molecular formula is C17H18F3NO. The van der Waals surface area contributed by atoms with Gasteiger partial charge < -0.3 is 4.98 Å². The molecule has 0 aliphatic rings. The highest BCUT2D eigenvalue weighted by molar-refractivity contribution is 5.90. The van der Waals surface area contributed by atoms with Gasteiger partial charge in [0.1, 0.15) is 0 Å². The van der Waals surface area contributed by atoms with Crippen LogP contribution in [0, 0.1) is 5.92 Å². The van der Waals surface area contributed by atoms with Crippen LogP contribution < -0.4 is 0 Å². The zero-order valence-electron chi connectivity index (χ0n) is 12.2. The zero-order chi connectivity index (χ0) is 16.2. The number of hydrogen-bond acceptors (Lipinski definition) is 1. The number of alkyl halides is 3. The maximum Gasteiger partial charge on any atom is 0.450 e. The monoisotopic (exact) mass is 309 g/mol. The minimum atomic E-state index is -4.83. The zero-order valence-corrected chi connectivity index (χ0v) is 12.2. The van der Waals surface area contributed by atoms with Gasteiger partial charge in [-0.1, -0.05) is 43.7 Å². The number of halogens is 3. The number of H-pyrrole nitrogens is 1. The molecule has 0 bridgehead atoms. The van der Waals surface area contributed by atoms with E-state index in [1.54, 1.807) is 18.3 Å². The maximum atomic E-state index is 13.0. The molecule has 0 aliphatic carbocycles. The molecule has 2 unspecified atom stereocenters. The smallest absolute Gasteiger partial charge is 0.364 e. The summed E-state index contributed by atoms with van der Waals surface area (Å²) in [5.41, 5.74) is 1.26. The second kappa shape index (κ2) is 6.81. The Morgan fingerprint density at radius 3 is 2.32 bits per heavy atom. The summed E-state index contributed by atoms with van der Waals surface area (Å²) in [5.74, 6) is -3.28. The van der Waals surface area contributed by atoms with Gasteiger partial charge in [-0.3, -0.25) is 4.79 Å². The molecule has 0 aliphatic heterocycles. The first-order valence-electron chi connectivity index (χ1n) is 7.21. The predicted octanol–water partition coefficient (Wildman–Crippen LogP) is 4.50. The number of ketones is 1. The Morgan fingerprint density at radius 1 is 1.14 bits per heavy atom. The number of rotatable bonds is 6. The van der Waals surface area contributed by atoms with Gasteiger partial charge in [0.25, 0.3) is 0 Å². The van der Waals surface area contributed by atoms with E-state index in [2.05, 4.69) is 4.98 Å². The summed E-state index contributed by atoms with van der Waals surface area (Å²) in [4.78, 5) is 14.7. The number of aromatic nitrogens is 1. The van der Waals surface area contributed by atoms with E-state index in [1.807, 2.05) is 37.3 Å². The Labute approximate surface area is 127 Å². The van der Waals surface area contributed by atoms with Crippen LogP contribution in [-0.4, -0.2) is 16.9 Å². The highest BCUT2D eigenvalue weighted by atomic mass is 19.4. The van der Waals surface area contributed by atoms with Crippen molar-refractivity contribution in [2.45, 2.75) is 31.9 Å². The first kappa shape index (κ1) is 16.3. The van der Waals surface area contributed by atoms with Crippen LogP contribution in [0.15, 0.2) is 48.7 Å². The van der Waals surface area contributed by atoms with E-state index < -0.39 is 23.8 Å². The third kappa shape index (κ3) is 3.78. The second-order valence-electron chi connectivity index (χ2n) is 5.32. The summed E-state index contributed by atoms with van der Waals surface area (Å²) in [6.45, 7) is 1.81. The van der Waals surface area contributed by atoms with Crippen molar-refractivity contribution in [1.82, 2.24) is 4.98 Å². The van der Waals surface area contributed by atoms with Crippen molar-refractivity contribution in [3.63, 3.8) is 0 Å². The molecule has 0 amide bonds. The lowest BCUT2D eigenvalue weighted by Crippen LogP contribution is -2.34. The third-order valence-electron chi connectivity index (χ3n) is 3.86. The van der Waals surface area contributed by atoms with Crippen molar-refractivity contribution >= 4 is 5.78 Å². The Kier molecular flexibility index (Phi) is 5.06. The highest BCUT2D eigenvalue weighted by Crippen LogP contribution is 2.35. The molecule has 2 nitrogen and oxygen atoms in total. The number of benzene rings is 1. The summed E-state index contributed by atoms with van der Waals surface area (Å²) in [5, 5.41) is 0. The molecule has 118 valence electrons. The molecular weight excluding hydrogens is 291 g/mol. The Hall–Kier alpha value is -2.04. The first-order chi connectivity index (χ1) is 10.4. The van der Waals surface area contributed by atoms with Crippen LogP contribution in [-0.2, 0) is 11.2 Å². The first-order valence-corrected chi connectivity index (χ1v) is 7.21. The van der Waals surface area contributed by atoms with Gasteiger partial charge >= 0.3 is 6.18 Å². The Balaban J connectivity index is 2.32. The van der Waals surface area contributed by atoms with Crippen LogP contribution in [0.5, 0.6) is 0 Å². The quantitative estimate of drug-likeness (QED) is 0.837. The topological polar surface area (TPSA) is 32.9 Å². The van der Waals surface area contributed by atoms with Crippen LogP contribution >= 0.6 is 0 Å². The molecule has 1 aromatic heterocycles.